The van der Waals surface area contributed by atoms with Crippen LogP contribution in [0.15, 0.2) is 24.0 Å². The minimum atomic E-state index is -2.08. The molecule has 12 heteroatoms. The van der Waals surface area contributed by atoms with Gasteiger partial charge in [0.2, 0.25) is 6.10 Å². The Morgan fingerprint density at radius 1 is 1.18 bits per heavy atom. The monoisotopic (exact) mass is 544 g/mol. The molecular formula is C27H28O12. The highest BCUT2D eigenvalue weighted by molar-refractivity contribution is 5.86. The fraction of sp³-hybridized carbons (Fsp3) is 0.556. The molecule has 1 aliphatic heterocycles. The van der Waals surface area contributed by atoms with Gasteiger partial charge >= 0.3 is 23.9 Å². The number of carboxylic acid groups (broad SMARTS) is 2. The van der Waals surface area contributed by atoms with E-state index >= 15 is 0 Å². The number of hydrogen-bond acceptors (Lipinski definition) is 10. The lowest BCUT2D eigenvalue weighted by atomic mass is 9.56. The van der Waals surface area contributed by atoms with Crippen molar-refractivity contribution in [2.45, 2.75) is 74.3 Å². The van der Waals surface area contributed by atoms with Crippen molar-refractivity contribution in [3.05, 3.63) is 35.1 Å². The topological polar surface area (TPSA) is 186 Å². The van der Waals surface area contributed by atoms with Crippen molar-refractivity contribution >= 4 is 23.9 Å². The van der Waals surface area contributed by atoms with Crippen LogP contribution in [0.3, 0.4) is 0 Å². The molecule has 208 valence electrons. The number of hydrogen-bond donors (Lipinski definition) is 4. The van der Waals surface area contributed by atoms with Crippen LogP contribution in [0, 0.1) is 11.3 Å². The van der Waals surface area contributed by atoms with Gasteiger partial charge in [-0.15, -0.1) is 0 Å². The molecule has 0 radical (unpaired) electrons. The molecule has 5 aliphatic rings. The van der Waals surface area contributed by atoms with Gasteiger partial charge < -0.3 is 39.4 Å². The average Bonchev–Trinajstić information content (AvgIpc) is 3.27. The van der Waals surface area contributed by atoms with E-state index in [1.165, 1.54) is 7.11 Å². The fourth-order valence-corrected chi connectivity index (χ4v) is 7.87. The van der Waals surface area contributed by atoms with Gasteiger partial charge in [0.25, 0.3) is 0 Å². The normalized spacial score (nSPS) is 33.8. The first-order chi connectivity index (χ1) is 18.5. The summed E-state index contributed by atoms with van der Waals surface area (Å²) < 4.78 is 22.1. The Morgan fingerprint density at radius 3 is 2.59 bits per heavy atom. The van der Waals surface area contributed by atoms with Crippen LogP contribution >= 0.6 is 0 Å². The summed E-state index contributed by atoms with van der Waals surface area (Å²) in [5, 5.41) is 40.2. The van der Waals surface area contributed by atoms with Crippen molar-refractivity contribution in [1.82, 2.24) is 0 Å². The van der Waals surface area contributed by atoms with E-state index in [1.54, 1.807) is 6.08 Å². The number of ether oxygens (including phenoxy) is 4. The molecule has 6 rings (SSSR count). The van der Waals surface area contributed by atoms with E-state index < -0.39 is 66.0 Å². The highest BCUT2D eigenvalue weighted by Crippen LogP contribution is 2.78. The third-order valence-electron chi connectivity index (χ3n) is 9.38. The zero-order chi connectivity index (χ0) is 27.9. The number of benzene rings is 1. The lowest BCUT2D eigenvalue weighted by Crippen LogP contribution is -2.59. The number of fused-ring (bicyclic) bond motifs is 1. The first-order valence-corrected chi connectivity index (χ1v) is 12.8. The summed E-state index contributed by atoms with van der Waals surface area (Å²) in [6.07, 6.45) is -1.59. The van der Waals surface area contributed by atoms with Gasteiger partial charge in [0.1, 0.15) is 5.76 Å². The minimum absolute atomic E-state index is 0.0660. The Bertz CT molecular complexity index is 1330. The number of esters is 2. The smallest absolute Gasteiger partial charge is 0.345 e. The van der Waals surface area contributed by atoms with E-state index in [0.717, 1.165) is 30.4 Å². The van der Waals surface area contributed by atoms with Crippen molar-refractivity contribution < 1.29 is 58.6 Å². The van der Waals surface area contributed by atoms with Crippen LogP contribution in [0.5, 0.6) is 11.5 Å². The Hall–Kier alpha value is -3.64. The lowest BCUT2D eigenvalue weighted by molar-refractivity contribution is -0.174. The molecule has 39 heavy (non-hydrogen) atoms. The standard InChI is InChI=1S/C27H28O12/c1-36-14-3-2-12-10-25-6-5-17(25)27(35)7-4-15(22-26(27,11-25)20(12)21(14)39-22)37-19(31)8-13(28)24(34)38-16(23(32)33)9-18(29)30/h2-4,13,16-17,22,28,35H,5-11H2,1H3,(H,29,30)(H,32,33)/t13-,16+,17+,22-,25?,26-,27+/m0/s1. The van der Waals surface area contributed by atoms with E-state index in [9.17, 15) is 29.4 Å². The van der Waals surface area contributed by atoms with Crippen molar-refractivity contribution in [3.8, 4) is 11.5 Å². The molecule has 7 atom stereocenters. The highest BCUT2D eigenvalue weighted by atomic mass is 16.6. The zero-order valence-corrected chi connectivity index (χ0v) is 21.0. The largest absolute Gasteiger partial charge is 0.493 e. The van der Waals surface area contributed by atoms with Gasteiger partial charge in [-0.25, -0.2) is 9.59 Å². The maximum atomic E-state index is 12.8. The Kier molecular flexibility index (Phi) is 5.54. The number of aliphatic hydroxyl groups excluding tert-OH is 1. The van der Waals surface area contributed by atoms with Gasteiger partial charge in [0.05, 0.1) is 31.0 Å². The third-order valence-corrected chi connectivity index (χ3v) is 9.38. The second-order valence-electron chi connectivity index (χ2n) is 11.2. The van der Waals surface area contributed by atoms with Crippen LogP contribution < -0.4 is 9.47 Å². The van der Waals surface area contributed by atoms with E-state index in [1.807, 2.05) is 12.1 Å². The van der Waals surface area contributed by atoms with E-state index in [4.69, 9.17) is 24.4 Å². The molecule has 2 spiro atoms. The molecule has 4 aliphatic carbocycles. The molecule has 1 aromatic carbocycles. The number of carbonyl (C=O) groups is 4. The summed E-state index contributed by atoms with van der Waals surface area (Å²) in [4.78, 5) is 46.9. The summed E-state index contributed by atoms with van der Waals surface area (Å²) in [6, 6.07) is 3.84. The van der Waals surface area contributed by atoms with Crippen LogP contribution in [-0.4, -0.2) is 75.3 Å². The van der Waals surface area contributed by atoms with E-state index in [-0.39, 0.29) is 23.5 Å². The summed E-state index contributed by atoms with van der Waals surface area (Å²) in [5.41, 5.74) is -0.0469. The Labute approximate surface area is 222 Å². The molecule has 1 heterocycles. The van der Waals surface area contributed by atoms with E-state index in [2.05, 4.69) is 4.74 Å². The minimum Gasteiger partial charge on any atom is -0.493 e. The lowest BCUT2D eigenvalue weighted by Gasteiger charge is -2.50. The van der Waals surface area contributed by atoms with Crippen LogP contribution in [0.25, 0.3) is 0 Å². The fourth-order valence-electron chi connectivity index (χ4n) is 7.87. The van der Waals surface area contributed by atoms with Crippen LogP contribution in [0.2, 0.25) is 0 Å². The van der Waals surface area contributed by atoms with Crippen molar-refractivity contribution in [2.24, 2.45) is 11.3 Å². The zero-order valence-electron chi connectivity index (χ0n) is 21.0. The maximum absolute atomic E-state index is 12.8. The first-order valence-electron chi connectivity index (χ1n) is 12.8. The van der Waals surface area contributed by atoms with Crippen LogP contribution in [0.4, 0.5) is 0 Å². The summed E-state index contributed by atoms with van der Waals surface area (Å²) in [5.74, 6) is -4.45. The molecular weight excluding hydrogens is 516 g/mol. The van der Waals surface area contributed by atoms with Crippen LogP contribution in [0.1, 0.15) is 49.7 Å². The molecule has 0 amide bonds. The number of methoxy groups -OCH3 is 1. The second-order valence-corrected chi connectivity index (χ2v) is 11.2. The molecule has 2 bridgehead atoms. The molecule has 1 unspecified atom stereocenters. The van der Waals surface area contributed by atoms with Gasteiger partial charge in [-0.2, -0.15) is 0 Å². The van der Waals surface area contributed by atoms with Gasteiger partial charge in [0, 0.05) is 5.56 Å². The number of aliphatic hydroxyl groups is 2. The Morgan fingerprint density at radius 2 is 1.95 bits per heavy atom. The van der Waals surface area contributed by atoms with Gasteiger partial charge in [-0.3, -0.25) is 9.59 Å². The number of carbonyl (C=O) groups excluding carboxylic acids is 2. The molecule has 0 aromatic heterocycles. The molecule has 2 fully saturated rings. The first kappa shape index (κ1) is 25.6. The van der Waals surface area contributed by atoms with Crippen molar-refractivity contribution in [2.75, 3.05) is 7.11 Å². The van der Waals surface area contributed by atoms with E-state index in [0.29, 0.717) is 17.9 Å². The summed E-state index contributed by atoms with van der Waals surface area (Å²) in [6.45, 7) is 0. The molecule has 1 aromatic rings. The van der Waals surface area contributed by atoms with Crippen molar-refractivity contribution in [1.29, 1.82) is 0 Å². The van der Waals surface area contributed by atoms with Crippen LogP contribution in [-0.2, 0) is 40.5 Å². The Balaban J connectivity index is 1.24. The molecule has 2 saturated carbocycles. The SMILES string of the molecule is COc1ccc2c3c1O[C@H]1C(OC(=O)C[C@H](O)C(=O)O[C@H](CC(=O)O)C(=O)O)=CC[C@@]4(O)[C@@H]5CCC5(C2)C[C@]314. The molecule has 4 N–H and O–H groups in total. The predicted octanol–water partition coefficient (Wildman–Crippen LogP) is 0.834. The highest BCUT2D eigenvalue weighted by Gasteiger charge is 2.80. The van der Waals surface area contributed by atoms with Gasteiger partial charge in [0.15, 0.2) is 23.7 Å². The number of carboxylic acids is 2. The molecule has 0 saturated heterocycles. The molecule has 12 nitrogen and oxygen atoms in total. The maximum Gasteiger partial charge on any atom is 0.345 e. The number of aliphatic carboxylic acids is 2. The summed E-state index contributed by atoms with van der Waals surface area (Å²) >= 11 is 0. The van der Waals surface area contributed by atoms with Crippen molar-refractivity contribution in [3.63, 3.8) is 0 Å². The van der Waals surface area contributed by atoms with Gasteiger partial charge in [-0.05, 0) is 61.1 Å². The second kappa shape index (κ2) is 8.43. The van der Waals surface area contributed by atoms with Gasteiger partial charge in [-0.1, -0.05) is 6.07 Å². The third kappa shape index (κ3) is 3.37. The predicted molar refractivity (Wildman–Crippen MR) is 127 cm³/mol. The average molecular weight is 545 g/mol. The number of rotatable bonds is 9. The summed E-state index contributed by atoms with van der Waals surface area (Å²) in [7, 11) is 1.53. The quantitative estimate of drug-likeness (QED) is 0.321.